The van der Waals surface area contributed by atoms with Crippen LogP contribution in [0.4, 0.5) is 17.5 Å². The van der Waals surface area contributed by atoms with Gasteiger partial charge in [-0.2, -0.15) is 9.99 Å². The maximum Gasteiger partial charge on any atom is 0.284 e. The minimum Gasteiger partial charge on any atom is -0.394 e. The van der Waals surface area contributed by atoms with Gasteiger partial charge in [0.05, 0.1) is 11.9 Å². The molecule has 4 N–H and O–H groups in total. The maximum atomic E-state index is 12.3. The van der Waals surface area contributed by atoms with Crippen molar-refractivity contribution >= 4 is 17.5 Å². The van der Waals surface area contributed by atoms with Gasteiger partial charge >= 0.3 is 0 Å². The average Bonchev–Trinajstić information content (AvgIpc) is 3.13. The lowest BCUT2D eigenvalue weighted by molar-refractivity contribution is -0.493. The fourth-order valence-corrected chi connectivity index (χ4v) is 2.82. The Labute approximate surface area is 144 Å². The predicted molar refractivity (Wildman–Crippen MR) is 83.6 cm³/mol. The number of aliphatic hydroxyl groups is 3. The van der Waals surface area contributed by atoms with E-state index in [4.69, 9.17) is 4.74 Å². The molecule has 2 aliphatic heterocycles. The summed E-state index contributed by atoms with van der Waals surface area (Å²) in [6.45, 7) is -1.12. The molecule has 15 heteroatoms. The molecule has 0 radical (unpaired) electrons. The summed E-state index contributed by atoms with van der Waals surface area (Å²) in [5.74, 6) is -0.531. The third kappa shape index (κ3) is 2.62. The Morgan fingerprint density at radius 2 is 2.19 bits per heavy atom. The largest absolute Gasteiger partial charge is 0.394 e. The van der Waals surface area contributed by atoms with E-state index in [1.807, 2.05) is 0 Å². The first-order valence-electron chi connectivity index (χ1n) is 7.32. The first-order valence-corrected chi connectivity index (χ1v) is 7.32. The van der Waals surface area contributed by atoms with Crippen LogP contribution in [0.3, 0.4) is 0 Å². The zero-order valence-electron chi connectivity index (χ0n) is 13.3. The van der Waals surface area contributed by atoms with E-state index < -0.39 is 54.1 Å². The molecule has 0 bridgehead atoms. The van der Waals surface area contributed by atoms with E-state index in [2.05, 4.69) is 15.3 Å². The van der Waals surface area contributed by atoms with Crippen molar-refractivity contribution in [2.45, 2.75) is 24.5 Å². The fourth-order valence-electron chi connectivity index (χ4n) is 2.82. The van der Waals surface area contributed by atoms with Crippen LogP contribution in [0.15, 0.2) is 10.1 Å². The van der Waals surface area contributed by atoms with Gasteiger partial charge in [-0.3, -0.25) is 9.78 Å². The molecule has 4 atom stereocenters. The maximum absolute atomic E-state index is 12.3. The molecule has 1 aromatic heterocycles. The highest BCUT2D eigenvalue weighted by Crippen LogP contribution is 2.37. The van der Waals surface area contributed by atoms with Crippen LogP contribution in [-0.2, 0) is 4.74 Å². The molecule has 0 aliphatic carbocycles. The third-order valence-electron chi connectivity index (χ3n) is 4.13. The number of nitrogens with zero attached hydrogens (tertiary/aromatic N) is 6. The number of nitroso groups, excluding NO2 is 1. The summed E-state index contributed by atoms with van der Waals surface area (Å²) in [7, 11) is 1.20. The smallest absolute Gasteiger partial charge is 0.284 e. The average molecular weight is 373 g/mol. The van der Waals surface area contributed by atoms with Crippen LogP contribution in [0.1, 0.15) is 0 Å². The van der Waals surface area contributed by atoms with E-state index in [9.17, 15) is 35.1 Å². The lowest BCUT2D eigenvalue weighted by Gasteiger charge is -2.26. The molecule has 15 nitrogen and oxygen atoms in total. The van der Waals surface area contributed by atoms with Crippen LogP contribution < -0.4 is 20.5 Å². The lowest BCUT2D eigenvalue weighted by atomic mass is 10.1. The summed E-state index contributed by atoms with van der Waals surface area (Å²) >= 11 is 0. The van der Waals surface area contributed by atoms with Crippen LogP contribution in [0.5, 0.6) is 0 Å². The van der Waals surface area contributed by atoms with E-state index >= 15 is 0 Å². The van der Waals surface area contributed by atoms with Crippen molar-refractivity contribution in [2.24, 2.45) is 5.29 Å². The standard InChI is InChI=1S/C11H15N7O8/c1-15(14-23)11-12-8-5(9(22)13-11)17(18(24)25)3-16(8)10-7(21)6(20)4(2-19)26-10/h4,6-7,10,19-21H,2-3H2,1H3,(H,12,13,22)/t4-,6-,7-,10-/m1/s1. The Morgan fingerprint density at radius 3 is 2.73 bits per heavy atom. The van der Waals surface area contributed by atoms with E-state index in [1.54, 1.807) is 0 Å². The van der Waals surface area contributed by atoms with E-state index in [-0.39, 0.29) is 11.8 Å². The van der Waals surface area contributed by atoms with Crippen LogP contribution in [0.25, 0.3) is 0 Å². The van der Waals surface area contributed by atoms with Gasteiger partial charge in [0.2, 0.25) is 11.6 Å². The molecule has 1 saturated heterocycles. The topological polar surface area (TPSA) is 198 Å². The highest BCUT2D eigenvalue weighted by atomic mass is 16.7. The van der Waals surface area contributed by atoms with Gasteiger partial charge in [0.25, 0.3) is 5.56 Å². The number of hydrogen-bond acceptors (Lipinski definition) is 11. The Balaban J connectivity index is 2.08. The molecule has 0 saturated carbocycles. The number of ether oxygens (including phenoxy) is 1. The number of anilines is 3. The normalized spacial score (nSPS) is 27.5. The molecular formula is C11H15N7O8. The number of nitro groups is 1. The number of H-pyrrole nitrogens is 1. The molecular weight excluding hydrogens is 358 g/mol. The number of nitrogens with one attached hydrogen (secondary N) is 1. The van der Waals surface area contributed by atoms with E-state index in [0.717, 1.165) is 4.90 Å². The Morgan fingerprint density at radius 1 is 1.50 bits per heavy atom. The van der Waals surface area contributed by atoms with Crippen molar-refractivity contribution in [3.63, 3.8) is 0 Å². The summed E-state index contributed by atoms with van der Waals surface area (Å²) in [6, 6.07) is 0. The van der Waals surface area contributed by atoms with Crippen LogP contribution in [0.2, 0.25) is 0 Å². The lowest BCUT2D eigenvalue weighted by Crippen LogP contribution is -2.47. The van der Waals surface area contributed by atoms with Gasteiger partial charge in [-0.1, -0.05) is 5.01 Å². The first kappa shape index (κ1) is 17.9. The molecule has 26 heavy (non-hydrogen) atoms. The highest BCUT2D eigenvalue weighted by Gasteiger charge is 2.51. The number of aliphatic hydroxyl groups excluding tert-OH is 3. The van der Waals surface area contributed by atoms with Gasteiger partial charge in [0.15, 0.2) is 23.7 Å². The molecule has 2 aliphatic rings. The van der Waals surface area contributed by atoms with Gasteiger partial charge in [0.1, 0.15) is 18.3 Å². The molecule has 3 heterocycles. The Hall–Kier alpha value is -2.88. The minimum absolute atomic E-state index is 0.245. The van der Waals surface area contributed by atoms with Crippen molar-refractivity contribution in [2.75, 3.05) is 35.2 Å². The quantitative estimate of drug-likeness (QED) is 0.234. The van der Waals surface area contributed by atoms with Crippen molar-refractivity contribution in [3.05, 3.63) is 25.4 Å². The van der Waals surface area contributed by atoms with Gasteiger partial charge in [-0.05, 0) is 0 Å². The monoisotopic (exact) mass is 373 g/mol. The van der Waals surface area contributed by atoms with Crippen molar-refractivity contribution in [1.82, 2.24) is 9.97 Å². The van der Waals surface area contributed by atoms with E-state index in [1.165, 1.54) is 7.05 Å². The molecule has 1 fully saturated rings. The van der Waals surface area contributed by atoms with Gasteiger partial charge < -0.3 is 25.0 Å². The second-order valence-corrected chi connectivity index (χ2v) is 5.64. The molecule has 3 rings (SSSR count). The summed E-state index contributed by atoms with van der Waals surface area (Å²) in [4.78, 5) is 41.4. The highest BCUT2D eigenvalue weighted by molar-refractivity contribution is 5.71. The molecule has 0 amide bonds. The zero-order valence-corrected chi connectivity index (χ0v) is 13.3. The third-order valence-corrected chi connectivity index (χ3v) is 4.13. The summed E-state index contributed by atoms with van der Waals surface area (Å²) in [6.07, 6.45) is -5.41. The van der Waals surface area contributed by atoms with Gasteiger partial charge in [-0.15, -0.1) is 4.91 Å². The number of hydrogen-bond donors (Lipinski definition) is 4. The fraction of sp³-hybridized carbons (Fsp3) is 0.636. The van der Waals surface area contributed by atoms with Crippen molar-refractivity contribution < 1.29 is 25.1 Å². The zero-order chi connectivity index (χ0) is 19.2. The van der Waals surface area contributed by atoms with Crippen molar-refractivity contribution in [1.29, 1.82) is 0 Å². The Kier molecular flexibility index (Phi) is 4.45. The van der Waals surface area contributed by atoms with Gasteiger partial charge in [-0.25, -0.2) is 10.1 Å². The van der Waals surface area contributed by atoms with Crippen LogP contribution in [-0.4, -0.2) is 75.2 Å². The van der Waals surface area contributed by atoms with Gasteiger partial charge in [0, 0.05) is 7.05 Å². The number of aromatic nitrogens is 2. The van der Waals surface area contributed by atoms with Crippen LogP contribution >= 0.6 is 0 Å². The second-order valence-electron chi connectivity index (χ2n) is 5.64. The van der Waals surface area contributed by atoms with Crippen LogP contribution in [0, 0.1) is 15.0 Å². The number of rotatable bonds is 5. The Bertz CT molecular complexity index is 786. The summed E-state index contributed by atoms with van der Waals surface area (Å²) < 4.78 is 5.35. The van der Waals surface area contributed by atoms with Crippen molar-refractivity contribution in [3.8, 4) is 0 Å². The summed E-state index contributed by atoms with van der Waals surface area (Å²) in [5, 5.41) is 43.4. The molecule has 0 aromatic carbocycles. The second kappa shape index (κ2) is 6.45. The summed E-state index contributed by atoms with van der Waals surface area (Å²) in [5.41, 5.74) is -1.35. The molecule has 142 valence electrons. The minimum atomic E-state index is -1.53. The number of aromatic amines is 1. The molecule has 0 spiro atoms. The molecule has 0 unspecified atom stereocenters. The SMILES string of the molecule is CN(N=O)c1nc2c(c(=O)[nH]1)N([N+](=O)[O-])CN2[C@@H]1O[C@H](CO)[C@@H](O)[C@H]1O. The van der Waals surface area contributed by atoms with E-state index in [0.29, 0.717) is 10.0 Å². The number of fused-ring (bicyclic) bond motifs is 1. The number of hydrazine groups is 1. The molecule has 1 aromatic rings. The predicted octanol–water partition coefficient (Wildman–Crippen LogP) is -2.90. The first-order chi connectivity index (χ1) is 12.3.